The quantitative estimate of drug-likeness (QED) is 0.722. The second-order valence-electron chi connectivity index (χ2n) is 5.30. The molecule has 1 aliphatic heterocycles. The average molecular weight is 366 g/mol. The van der Waals surface area contributed by atoms with Gasteiger partial charge in [-0.1, -0.05) is 29.3 Å². The van der Waals surface area contributed by atoms with Crippen LogP contribution in [-0.4, -0.2) is 52.6 Å². The summed E-state index contributed by atoms with van der Waals surface area (Å²) in [5.74, 6) is -0.195. The normalized spacial score (nSPS) is 16.8. The predicted octanol–water partition coefficient (Wildman–Crippen LogP) is 1.71. The van der Waals surface area contributed by atoms with Gasteiger partial charge in [-0.05, 0) is 25.1 Å². The molecule has 1 aliphatic rings. The van der Waals surface area contributed by atoms with Crippen molar-refractivity contribution >= 4 is 33.2 Å². The van der Waals surface area contributed by atoms with E-state index in [1.54, 1.807) is 18.2 Å². The van der Waals surface area contributed by atoms with Crippen molar-refractivity contribution in [2.24, 2.45) is 0 Å². The number of benzene rings is 1. The van der Waals surface area contributed by atoms with E-state index in [1.165, 1.54) is 0 Å². The van der Waals surface area contributed by atoms with E-state index < -0.39 is 10.0 Å². The van der Waals surface area contributed by atoms with Gasteiger partial charge in [0.2, 0.25) is 10.0 Å². The molecule has 0 aromatic heterocycles. The molecule has 1 heterocycles. The van der Waals surface area contributed by atoms with Gasteiger partial charge in [-0.25, -0.2) is 13.1 Å². The van der Waals surface area contributed by atoms with E-state index >= 15 is 0 Å². The first-order valence-corrected chi connectivity index (χ1v) is 9.72. The van der Waals surface area contributed by atoms with Crippen LogP contribution in [0.2, 0.25) is 10.0 Å². The molecule has 0 bridgehead atoms. The summed E-state index contributed by atoms with van der Waals surface area (Å²) in [6.07, 6.45) is 0.787. The molecule has 0 amide bonds. The molecule has 0 spiro atoms. The summed E-state index contributed by atoms with van der Waals surface area (Å²) in [5.41, 5.74) is 0.445. The van der Waals surface area contributed by atoms with E-state index in [2.05, 4.69) is 14.9 Å². The van der Waals surface area contributed by atoms with E-state index in [0.29, 0.717) is 22.2 Å². The summed E-state index contributed by atoms with van der Waals surface area (Å²) in [6.45, 7) is 5.35. The van der Waals surface area contributed by atoms with Gasteiger partial charge in [-0.3, -0.25) is 0 Å². The first-order valence-electron chi connectivity index (χ1n) is 7.31. The molecule has 0 atom stereocenters. The molecule has 124 valence electrons. The summed E-state index contributed by atoms with van der Waals surface area (Å²) >= 11 is 12.0. The molecule has 22 heavy (non-hydrogen) atoms. The van der Waals surface area contributed by atoms with Crippen molar-refractivity contribution in [1.82, 2.24) is 14.9 Å². The number of nitrogens with zero attached hydrogens (tertiary/aromatic N) is 1. The zero-order chi connectivity index (χ0) is 16.0. The lowest BCUT2D eigenvalue weighted by molar-refractivity contribution is 0.239. The van der Waals surface area contributed by atoms with Crippen molar-refractivity contribution in [3.05, 3.63) is 33.8 Å². The third-order valence-electron chi connectivity index (χ3n) is 3.58. The van der Waals surface area contributed by atoms with Gasteiger partial charge in [-0.2, -0.15) is 0 Å². The van der Waals surface area contributed by atoms with Gasteiger partial charge in [-0.15, -0.1) is 0 Å². The van der Waals surface area contributed by atoms with E-state index in [4.69, 9.17) is 23.2 Å². The van der Waals surface area contributed by atoms with Crippen molar-refractivity contribution in [1.29, 1.82) is 0 Å². The van der Waals surface area contributed by atoms with E-state index in [1.807, 2.05) is 0 Å². The van der Waals surface area contributed by atoms with E-state index in [9.17, 15) is 8.42 Å². The Labute approximate surface area is 142 Å². The van der Waals surface area contributed by atoms with Gasteiger partial charge < -0.3 is 10.2 Å². The Morgan fingerprint density at radius 2 is 1.82 bits per heavy atom. The molecule has 8 heteroatoms. The highest BCUT2D eigenvalue weighted by Crippen LogP contribution is 2.25. The van der Waals surface area contributed by atoms with Crippen LogP contribution in [0.3, 0.4) is 0 Å². The molecule has 1 aromatic carbocycles. The molecule has 2 N–H and O–H groups in total. The van der Waals surface area contributed by atoms with Crippen LogP contribution in [-0.2, 0) is 15.8 Å². The number of piperazine rings is 1. The summed E-state index contributed by atoms with van der Waals surface area (Å²) in [4.78, 5) is 2.33. The molecule has 0 radical (unpaired) electrons. The molecule has 0 unspecified atom stereocenters. The first kappa shape index (κ1) is 18.0. The Kier molecular flexibility index (Phi) is 6.92. The number of nitrogens with one attached hydrogen (secondary N) is 2. The topological polar surface area (TPSA) is 61.4 Å². The molecule has 1 fully saturated rings. The maximum absolute atomic E-state index is 12.1. The molecule has 0 saturated carbocycles. The van der Waals surface area contributed by atoms with Gasteiger partial charge in [0.05, 0.1) is 5.75 Å². The highest BCUT2D eigenvalue weighted by atomic mass is 35.5. The van der Waals surface area contributed by atoms with E-state index in [0.717, 1.165) is 39.1 Å². The van der Waals surface area contributed by atoms with Crippen LogP contribution in [0.25, 0.3) is 0 Å². The first-order chi connectivity index (χ1) is 10.5. The largest absolute Gasteiger partial charge is 0.314 e. The van der Waals surface area contributed by atoms with Crippen LogP contribution < -0.4 is 10.0 Å². The summed E-state index contributed by atoms with van der Waals surface area (Å²) < 4.78 is 26.8. The van der Waals surface area contributed by atoms with Gasteiger partial charge >= 0.3 is 0 Å². The van der Waals surface area contributed by atoms with Gasteiger partial charge in [0, 0.05) is 48.3 Å². The number of hydrogen-bond acceptors (Lipinski definition) is 4. The average Bonchev–Trinajstić information content (AvgIpc) is 2.49. The lowest BCUT2D eigenvalue weighted by Gasteiger charge is -2.27. The standard InChI is InChI=1S/C14H21Cl2N3O2S/c15-13-3-1-4-14(16)12(13)11-22(20,21)18-5-2-8-19-9-6-17-7-10-19/h1,3-4,17-18H,2,5-11H2. The number of hydrogen-bond donors (Lipinski definition) is 2. The molecular weight excluding hydrogens is 345 g/mol. The van der Waals surface area contributed by atoms with Crippen molar-refractivity contribution in [2.45, 2.75) is 12.2 Å². The highest BCUT2D eigenvalue weighted by molar-refractivity contribution is 7.88. The lowest BCUT2D eigenvalue weighted by atomic mass is 10.2. The molecular formula is C14H21Cl2N3O2S. The van der Waals surface area contributed by atoms with Crippen LogP contribution in [0.4, 0.5) is 0 Å². The van der Waals surface area contributed by atoms with Crippen molar-refractivity contribution in [3.8, 4) is 0 Å². The third kappa shape index (κ3) is 5.68. The van der Waals surface area contributed by atoms with Crippen LogP contribution in [0.1, 0.15) is 12.0 Å². The Morgan fingerprint density at radius 3 is 2.45 bits per heavy atom. The van der Waals surface area contributed by atoms with Crippen molar-refractivity contribution in [3.63, 3.8) is 0 Å². The van der Waals surface area contributed by atoms with Crippen LogP contribution in [0.15, 0.2) is 18.2 Å². The zero-order valence-corrected chi connectivity index (χ0v) is 14.6. The lowest BCUT2D eigenvalue weighted by Crippen LogP contribution is -2.44. The van der Waals surface area contributed by atoms with Gasteiger partial charge in [0.15, 0.2) is 0 Å². The monoisotopic (exact) mass is 365 g/mol. The van der Waals surface area contributed by atoms with Crippen LogP contribution in [0, 0.1) is 0 Å². The molecule has 1 aromatic rings. The fraction of sp³-hybridized carbons (Fsp3) is 0.571. The molecule has 2 rings (SSSR count). The van der Waals surface area contributed by atoms with Gasteiger partial charge in [0.25, 0.3) is 0 Å². The van der Waals surface area contributed by atoms with Gasteiger partial charge in [0.1, 0.15) is 0 Å². The number of sulfonamides is 1. The summed E-state index contributed by atoms with van der Waals surface area (Å²) in [7, 11) is -3.43. The maximum Gasteiger partial charge on any atom is 0.215 e. The number of rotatable bonds is 7. The molecule has 0 aliphatic carbocycles. The SMILES string of the molecule is O=S(=O)(Cc1c(Cl)cccc1Cl)NCCCN1CCNCC1. The zero-order valence-electron chi connectivity index (χ0n) is 12.3. The van der Waals surface area contributed by atoms with Crippen LogP contribution in [0.5, 0.6) is 0 Å². The van der Waals surface area contributed by atoms with Crippen molar-refractivity contribution in [2.75, 3.05) is 39.3 Å². The molecule has 1 saturated heterocycles. The minimum Gasteiger partial charge on any atom is -0.314 e. The third-order valence-corrected chi connectivity index (χ3v) is 5.60. The number of halogens is 2. The fourth-order valence-corrected chi connectivity index (χ4v) is 4.31. The smallest absolute Gasteiger partial charge is 0.215 e. The Balaban J connectivity index is 1.78. The second kappa shape index (κ2) is 8.47. The summed E-state index contributed by atoms with van der Waals surface area (Å²) in [5, 5.41) is 4.04. The minimum absolute atomic E-state index is 0.195. The second-order valence-corrected chi connectivity index (χ2v) is 7.92. The predicted molar refractivity (Wildman–Crippen MR) is 91.0 cm³/mol. The Hall–Kier alpha value is -0.370. The van der Waals surface area contributed by atoms with Crippen molar-refractivity contribution < 1.29 is 8.42 Å². The molecule has 5 nitrogen and oxygen atoms in total. The van der Waals surface area contributed by atoms with E-state index in [-0.39, 0.29) is 5.75 Å². The summed E-state index contributed by atoms with van der Waals surface area (Å²) in [6, 6.07) is 4.98. The highest BCUT2D eigenvalue weighted by Gasteiger charge is 2.16. The Bertz CT molecular complexity index is 570. The fourth-order valence-electron chi connectivity index (χ4n) is 2.38. The Morgan fingerprint density at radius 1 is 1.18 bits per heavy atom. The maximum atomic E-state index is 12.1. The van der Waals surface area contributed by atoms with Crippen LogP contribution >= 0.6 is 23.2 Å². The minimum atomic E-state index is -3.43.